The minimum absolute atomic E-state index is 0.0109. The van der Waals surface area contributed by atoms with Gasteiger partial charge in [-0.25, -0.2) is 8.42 Å². The van der Waals surface area contributed by atoms with Crippen molar-refractivity contribution >= 4 is 62.3 Å². The predicted octanol–water partition coefficient (Wildman–Crippen LogP) is 5.15. The fourth-order valence-corrected chi connectivity index (χ4v) is 5.20. The number of sulfonamides is 1. The van der Waals surface area contributed by atoms with Crippen LogP contribution in [0, 0.1) is 0 Å². The summed E-state index contributed by atoms with van der Waals surface area (Å²) in [4.78, 5) is 28.2. The molecule has 12 heteroatoms. The molecule has 2 rings (SSSR count). The smallest absolute Gasteiger partial charge is 0.244 e. The van der Waals surface area contributed by atoms with Crippen LogP contribution in [0.4, 0.5) is 5.69 Å². The SMILES string of the molecule is CCCCNC(=O)[C@H](CC)N(Cc1ccc(OC)cc1)C(=O)CN(c1cc(Cl)c(Cl)cc1Cl)S(C)(=O)=O. The summed E-state index contributed by atoms with van der Waals surface area (Å²) in [5.41, 5.74) is 0.754. The lowest BCUT2D eigenvalue weighted by Crippen LogP contribution is -2.52. The van der Waals surface area contributed by atoms with E-state index in [4.69, 9.17) is 39.5 Å². The van der Waals surface area contributed by atoms with E-state index < -0.39 is 28.5 Å². The van der Waals surface area contributed by atoms with Crippen LogP contribution in [0.25, 0.3) is 0 Å². The lowest BCUT2D eigenvalue weighted by molar-refractivity contribution is -0.140. The molecule has 0 saturated carbocycles. The summed E-state index contributed by atoms with van der Waals surface area (Å²) >= 11 is 18.4. The molecule has 0 aliphatic heterocycles. The molecule has 204 valence electrons. The number of nitrogens with one attached hydrogen (secondary N) is 1. The average molecular weight is 593 g/mol. The molecule has 0 radical (unpaired) electrons. The van der Waals surface area contributed by atoms with Gasteiger partial charge in [0.25, 0.3) is 0 Å². The van der Waals surface area contributed by atoms with E-state index in [0.29, 0.717) is 18.7 Å². The van der Waals surface area contributed by atoms with Gasteiger partial charge < -0.3 is 15.0 Å². The zero-order valence-corrected chi connectivity index (χ0v) is 24.3. The Morgan fingerprint density at radius 3 is 2.19 bits per heavy atom. The highest BCUT2D eigenvalue weighted by Gasteiger charge is 2.32. The largest absolute Gasteiger partial charge is 0.497 e. The predicted molar refractivity (Wildman–Crippen MR) is 149 cm³/mol. The molecule has 0 fully saturated rings. The van der Waals surface area contributed by atoms with Gasteiger partial charge in [-0.2, -0.15) is 0 Å². The zero-order chi connectivity index (χ0) is 27.8. The van der Waals surface area contributed by atoms with Crippen LogP contribution >= 0.6 is 34.8 Å². The molecular weight excluding hydrogens is 561 g/mol. The molecule has 0 heterocycles. The van der Waals surface area contributed by atoms with Gasteiger partial charge in [-0.05, 0) is 42.7 Å². The number of methoxy groups -OCH3 is 1. The molecule has 8 nitrogen and oxygen atoms in total. The standard InChI is InChI=1S/C25H32Cl3N3O5S/c1-5-7-12-29-25(33)22(6-2)30(15-17-8-10-18(36-3)11-9-17)24(32)16-31(37(4,34)35)23-14-20(27)19(26)13-21(23)28/h8-11,13-14,22H,5-7,12,15-16H2,1-4H3,(H,29,33)/t22-/m0/s1. The van der Waals surface area contributed by atoms with Crippen LogP contribution in [0.1, 0.15) is 38.7 Å². The number of unbranched alkanes of at least 4 members (excludes halogenated alkanes) is 1. The van der Waals surface area contributed by atoms with Crippen molar-refractivity contribution in [3.8, 4) is 5.75 Å². The summed E-state index contributed by atoms with van der Waals surface area (Å²) in [6.07, 6.45) is 2.99. The Bertz CT molecular complexity index is 1190. The lowest BCUT2D eigenvalue weighted by Gasteiger charge is -2.33. The second-order valence-electron chi connectivity index (χ2n) is 8.43. The Labute approximate surface area is 233 Å². The number of ether oxygens (including phenoxy) is 1. The van der Waals surface area contributed by atoms with Crippen molar-refractivity contribution in [2.24, 2.45) is 0 Å². The third-order valence-electron chi connectivity index (χ3n) is 5.67. The molecule has 0 saturated heterocycles. The van der Waals surface area contributed by atoms with E-state index in [2.05, 4.69) is 5.32 Å². The molecule has 37 heavy (non-hydrogen) atoms. The van der Waals surface area contributed by atoms with Crippen LogP contribution in [-0.2, 0) is 26.2 Å². The lowest BCUT2D eigenvalue weighted by atomic mass is 10.1. The molecule has 0 unspecified atom stereocenters. The molecule has 2 amide bonds. The van der Waals surface area contributed by atoms with Gasteiger partial charge in [-0.3, -0.25) is 13.9 Å². The fourth-order valence-electron chi connectivity index (χ4n) is 3.65. The first kappa shape index (κ1) is 31.0. The molecule has 0 aliphatic carbocycles. The van der Waals surface area contributed by atoms with E-state index in [1.807, 2.05) is 6.92 Å². The summed E-state index contributed by atoms with van der Waals surface area (Å²) in [7, 11) is -2.42. The number of rotatable bonds is 13. The van der Waals surface area contributed by atoms with Gasteiger partial charge in [0, 0.05) is 13.1 Å². The fraction of sp³-hybridized carbons (Fsp3) is 0.440. The molecular formula is C25H32Cl3N3O5S. The van der Waals surface area contributed by atoms with Crippen LogP contribution in [0.2, 0.25) is 15.1 Å². The summed E-state index contributed by atoms with van der Waals surface area (Å²) in [6.45, 7) is 3.77. The number of hydrogen-bond donors (Lipinski definition) is 1. The number of hydrogen-bond acceptors (Lipinski definition) is 5. The monoisotopic (exact) mass is 591 g/mol. The number of amides is 2. The Morgan fingerprint density at radius 2 is 1.65 bits per heavy atom. The van der Waals surface area contributed by atoms with Crippen molar-refractivity contribution in [2.75, 3.05) is 30.8 Å². The van der Waals surface area contributed by atoms with Gasteiger partial charge in [0.2, 0.25) is 21.8 Å². The number of carbonyl (C=O) groups is 2. The first-order chi connectivity index (χ1) is 17.4. The summed E-state index contributed by atoms with van der Waals surface area (Å²) in [5, 5.41) is 3.11. The molecule has 0 aromatic heterocycles. The highest BCUT2D eigenvalue weighted by atomic mass is 35.5. The second kappa shape index (κ2) is 14.1. The Hall–Kier alpha value is -2.20. The van der Waals surface area contributed by atoms with Crippen molar-refractivity contribution in [1.82, 2.24) is 10.2 Å². The van der Waals surface area contributed by atoms with Crippen LogP contribution in [-0.4, -0.2) is 57.6 Å². The highest BCUT2D eigenvalue weighted by Crippen LogP contribution is 2.35. The van der Waals surface area contributed by atoms with Crippen molar-refractivity contribution in [2.45, 2.75) is 45.7 Å². The average Bonchev–Trinajstić information content (AvgIpc) is 2.84. The molecule has 0 spiro atoms. The molecule has 0 bridgehead atoms. The van der Waals surface area contributed by atoms with E-state index in [9.17, 15) is 18.0 Å². The number of carbonyl (C=O) groups excluding carboxylic acids is 2. The maximum Gasteiger partial charge on any atom is 0.244 e. The van der Waals surface area contributed by atoms with Crippen LogP contribution < -0.4 is 14.4 Å². The maximum atomic E-state index is 13.7. The first-order valence-electron chi connectivity index (χ1n) is 11.7. The van der Waals surface area contributed by atoms with Gasteiger partial charge >= 0.3 is 0 Å². The molecule has 2 aromatic rings. The zero-order valence-electron chi connectivity index (χ0n) is 21.3. The first-order valence-corrected chi connectivity index (χ1v) is 14.7. The summed E-state index contributed by atoms with van der Waals surface area (Å²) < 4.78 is 31.5. The van der Waals surface area contributed by atoms with Gasteiger partial charge in [0.05, 0.1) is 34.1 Å². The Kier molecular flexibility index (Phi) is 11.8. The Balaban J connectivity index is 2.46. The van der Waals surface area contributed by atoms with Gasteiger partial charge in [-0.15, -0.1) is 0 Å². The van der Waals surface area contributed by atoms with Crippen molar-refractivity contribution < 1.29 is 22.7 Å². The van der Waals surface area contributed by atoms with E-state index in [1.54, 1.807) is 38.3 Å². The van der Waals surface area contributed by atoms with Gasteiger partial charge in [-0.1, -0.05) is 67.2 Å². The van der Waals surface area contributed by atoms with Gasteiger partial charge in [0.15, 0.2) is 0 Å². The highest BCUT2D eigenvalue weighted by molar-refractivity contribution is 7.92. The number of anilines is 1. The quantitative estimate of drug-likeness (QED) is 0.257. The summed E-state index contributed by atoms with van der Waals surface area (Å²) in [5.74, 6) is -0.249. The molecule has 0 aliphatic rings. The molecule has 2 aromatic carbocycles. The minimum atomic E-state index is -3.97. The Morgan fingerprint density at radius 1 is 1.03 bits per heavy atom. The number of halogens is 3. The third kappa shape index (κ3) is 8.67. The summed E-state index contributed by atoms with van der Waals surface area (Å²) in [6, 6.07) is 8.85. The van der Waals surface area contributed by atoms with Crippen molar-refractivity contribution in [1.29, 1.82) is 0 Å². The van der Waals surface area contributed by atoms with Crippen LogP contribution in [0.5, 0.6) is 5.75 Å². The van der Waals surface area contributed by atoms with Crippen LogP contribution in [0.15, 0.2) is 36.4 Å². The normalized spacial score (nSPS) is 12.1. The van der Waals surface area contributed by atoms with Crippen LogP contribution in [0.3, 0.4) is 0 Å². The number of benzene rings is 2. The molecule has 1 atom stereocenters. The third-order valence-corrected chi connectivity index (χ3v) is 7.82. The molecule has 1 N–H and O–H groups in total. The van der Waals surface area contributed by atoms with E-state index in [-0.39, 0.29) is 33.2 Å². The van der Waals surface area contributed by atoms with Crippen molar-refractivity contribution in [3.63, 3.8) is 0 Å². The maximum absolute atomic E-state index is 13.7. The van der Waals surface area contributed by atoms with E-state index in [1.165, 1.54) is 17.0 Å². The van der Waals surface area contributed by atoms with Crippen molar-refractivity contribution in [3.05, 3.63) is 57.0 Å². The van der Waals surface area contributed by atoms with E-state index in [0.717, 1.165) is 29.0 Å². The van der Waals surface area contributed by atoms with Gasteiger partial charge in [0.1, 0.15) is 18.3 Å². The second-order valence-corrected chi connectivity index (χ2v) is 11.6. The van der Waals surface area contributed by atoms with E-state index >= 15 is 0 Å². The number of nitrogens with zero attached hydrogens (tertiary/aromatic N) is 2. The minimum Gasteiger partial charge on any atom is -0.497 e. The topological polar surface area (TPSA) is 96.0 Å².